The molecule has 1 aliphatic rings. The molecule has 0 spiro atoms. The van der Waals surface area contributed by atoms with E-state index in [1.165, 1.54) is 0 Å². The van der Waals surface area contributed by atoms with Crippen molar-refractivity contribution in [2.75, 3.05) is 6.54 Å². The Hall–Kier alpha value is -1.35. The summed E-state index contributed by atoms with van der Waals surface area (Å²) in [7, 11) is 0. The lowest BCUT2D eigenvalue weighted by Crippen LogP contribution is -2.54. The monoisotopic (exact) mass is 218 g/mol. The molecule has 1 atom stereocenters. The van der Waals surface area contributed by atoms with Gasteiger partial charge in [0.1, 0.15) is 5.54 Å². The summed E-state index contributed by atoms with van der Waals surface area (Å²) in [6, 6.07) is 9.81. The molecule has 0 heterocycles. The van der Waals surface area contributed by atoms with Crippen molar-refractivity contribution < 1.29 is 4.79 Å². The smallest absolute Gasteiger partial charge is 0.242 e. The van der Waals surface area contributed by atoms with Crippen molar-refractivity contribution in [2.45, 2.75) is 25.3 Å². The van der Waals surface area contributed by atoms with Gasteiger partial charge in [-0.1, -0.05) is 37.3 Å². The summed E-state index contributed by atoms with van der Waals surface area (Å²) in [5.41, 5.74) is 5.97. The van der Waals surface area contributed by atoms with Gasteiger partial charge in [-0.3, -0.25) is 10.1 Å². The van der Waals surface area contributed by atoms with E-state index in [9.17, 15) is 4.79 Å². The fraction of sp³-hybridized carbons (Fsp3) is 0.462. The number of carbonyl (C=O) groups is 1. The molecule has 0 bridgehead atoms. The van der Waals surface area contributed by atoms with Crippen LogP contribution in [0.15, 0.2) is 30.3 Å². The van der Waals surface area contributed by atoms with E-state index in [1.807, 2.05) is 37.3 Å². The van der Waals surface area contributed by atoms with Gasteiger partial charge in [-0.2, -0.15) is 0 Å². The molecule has 1 unspecified atom stereocenters. The molecular formula is C13H18N2O. The third kappa shape index (κ3) is 1.71. The topological polar surface area (TPSA) is 55.1 Å². The molecule has 1 aromatic rings. The Morgan fingerprint density at radius 3 is 2.50 bits per heavy atom. The average Bonchev–Trinajstić information content (AvgIpc) is 3.11. The summed E-state index contributed by atoms with van der Waals surface area (Å²) < 4.78 is 0. The Morgan fingerprint density at radius 2 is 2.06 bits per heavy atom. The summed E-state index contributed by atoms with van der Waals surface area (Å²) in [5, 5.41) is 3.30. The van der Waals surface area contributed by atoms with E-state index in [4.69, 9.17) is 5.73 Å². The fourth-order valence-corrected chi connectivity index (χ4v) is 2.41. The Kier molecular flexibility index (Phi) is 2.97. The molecule has 0 saturated heterocycles. The Bertz CT molecular complexity index is 373. The summed E-state index contributed by atoms with van der Waals surface area (Å²) in [6.07, 6.45) is 2.15. The number of carbonyl (C=O) groups excluding carboxylic acids is 1. The van der Waals surface area contributed by atoms with Gasteiger partial charge in [0, 0.05) is 0 Å². The van der Waals surface area contributed by atoms with Gasteiger partial charge in [-0.25, -0.2) is 0 Å². The minimum atomic E-state index is -0.657. The Balaban J connectivity index is 2.43. The highest BCUT2D eigenvalue weighted by atomic mass is 16.1. The number of hydrogen-bond acceptors (Lipinski definition) is 2. The molecule has 2 rings (SSSR count). The summed E-state index contributed by atoms with van der Waals surface area (Å²) >= 11 is 0. The van der Waals surface area contributed by atoms with E-state index >= 15 is 0 Å². The molecule has 0 radical (unpaired) electrons. The van der Waals surface area contributed by atoms with Crippen LogP contribution in [-0.2, 0) is 10.3 Å². The highest BCUT2D eigenvalue weighted by Crippen LogP contribution is 2.45. The maximum absolute atomic E-state index is 11.9. The van der Waals surface area contributed by atoms with Gasteiger partial charge in [0.05, 0.1) is 0 Å². The van der Waals surface area contributed by atoms with Crippen LogP contribution in [0.25, 0.3) is 0 Å². The highest BCUT2D eigenvalue weighted by Gasteiger charge is 2.50. The van der Waals surface area contributed by atoms with Gasteiger partial charge in [0.15, 0.2) is 0 Å². The van der Waals surface area contributed by atoms with Crippen LogP contribution < -0.4 is 11.1 Å². The first-order valence-electron chi connectivity index (χ1n) is 5.82. The second kappa shape index (κ2) is 4.26. The van der Waals surface area contributed by atoms with Gasteiger partial charge < -0.3 is 5.73 Å². The molecule has 3 N–H and O–H groups in total. The minimum Gasteiger partial charge on any atom is -0.368 e. The van der Waals surface area contributed by atoms with E-state index in [0.29, 0.717) is 5.92 Å². The molecular weight excluding hydrogens is 200 g/mol. The summed E-state index contributed by atoms with van der Waals surface area (Å²) in [5.74, 6) is 0.0930. The molecule has 0 aromatic heterocycles. The Labute approximate surface area is 96.0 Å². The second-order valence-electron chi connectivity index (χ2n) is 4.34. The normalized spacial score (nSPS) is 19.1. The van der Waals surface area contributed by atoms with Crippen LogP contribution in [-0.4, -0.2) is 12.5 Å². The van der Waals surface area contributed by atoms with Crippen molar-refractivity contribution >= 4 is 5.91 Å². The number of primary amides is 1. The quantitative estimate of drug-likeness (QED) is 0.784. The van der Waals surface area contributed by atoms with Crippen molar-refractivity contribution in [3.8, 4) is 0 Å². The van der Waals surface area contributed by atoms with Crippen LogP contribution in [0.4, 0.5) is 0 Å². The van der Waals surface area contributed by atoms with Gasteiger partial charge in [0.25, 0.3) is 0 Å². The predicted octanol–water partition coefficient (Wildman–Crippen LogP) is 1.39. The number of likely N-dealkylation sites (N-methyl/N-ethyl adjacent to an activating group) is 1. The van der Waals surface area contributed by atoms with E-state index in [2.05, 4.69) is 5.32 Å². The molecule has 0 aliphatic heterocycles. The van der Waals surface area contributed by atoms with Crippen molar-refractivity contribution in [3.63, 3.8) is 0 Å². The highest BCUT2D eigenvalue weighted by molar-refractivity contribution is 5.87. The molecule has 1 aromatic carbocycles. The number of benzene rings is 1. The third-order valence-electron chi connectivity index (χ3n) is 3.26. The zero-order valence-electron chi connectivity index (χ0n) is 9.57. The lowest BCUT2D eigenvalue weighted by molar-refractivity contribution is -0.125. The largest absolute Gasteiger partial charge is 0.368 e. The van der Waals surface area contributed by atoms with Gasteiger partial charge in [-0.05, 0) is 30.9 Å². The first-order chi connectivity index (χ1) is 7.71. The van der Waals surface area contributed by atoms with Crippen LogP contribution in [0.2, 0.25) is 0 Å². The second-order valence-corrected chi connectivity index (χ2v) is 4.34. The van der Waals surface area contributed by atoms with Gasteiger partial charge >= 0.3 is 0 Å². The molecule has 1 amide bonds. The van der Waals surface area contributed by atoms with Crippen LogP contribution in [0.3, 0.4) is 0 Å². The molecule has 1 fully saturated rings. The van der Waals surface area contributed by atoms with Crippen LogP contribution in [0.5, 0.6) is 0 Å². The Morgan fingerprint density at radius 1 is 1.44 bits per heavy atom. The van der Waals surface area contributed by atoms with E-state index in [-0.39, 0.29) is 5.91 Å². The number of nitrogens with one attached hydrogen (secondary N) is 1. The van der Waals surface area contributed by atoms with Crippen molar-refractivity contribution in [1.82, 2.24) is 5.32 Å². The van der Waals surface area contributed by atoms with E-state index in [0.717, 1.165) is 24.9 Å². The molecule has 3 nitrogen and oxygen atoms in total. The molecule has 3 heteroatoms. The first-order valence-corrected chi connectivity index (χ1v) is 5.82. The maximum atomic E-state index is 11.9. The molecule has 1 aliphatic carbocycles. The van der Waals surface area contributed by atoms with Crippen LogP contribution >= 0.6 is 0 Å². The number of nitrogens with two attached hydrogens (primary N) is 1. The van der Waals surface area contributed by atoms with Gasteiger partial charge in [-0.15, -0.1) is 0 Å². The number of rotatable bonds is 5. The molecule has 1 saturated carbocycles. The standard InChI is InChI=1S/C13H18N2O/c1-2-15-13(12(14)16,11-8-9-11)10-6-4-3-5-7-10/h3-7,11,15H,2,8-9H2,1H3,(H2,14,16). The first kappa shape index (κ1) is 11.1. The fourth-order valence-electron chi connectivity index (χ4n) is 2.41. The average molecular weight is 218 g/mol. The van der Waals surface area contributed by atoms with Crippen molar-refractivity contribution in [1.29, 1.82) is 0 Å². The third-order valence-corrected chi connectivity index (χ3v) is 3.26. The number of hydrogen-bond donors (Lipinski definition) is 2. The maximum Gasteiger partial charge on any atom is 0.242 e. The zero-order valence-corrected chi connectivity index (χ0v) is 9.57. The lowest BCUT2D eigenvalue weighted by Gasteiger charge is -2.32. The SMILES string of the molecule is CCNC(C(N)=O)(c1ccccc1)C1CC1. The summed E-state index contributed by atoms with van der Waals surface area (Å²) in [4.78, 5) is 11.9. The number of amides is 1. The zero-order chi connectivity index (χ0) is 11.6. The minimum absolute atomic E-state index is 0.261. The van der Waals surface area contributed by atoms with Crippen LogP contribution in [0, 0.1) is 5.92 Å². The van der Waals surface area contributed by atoms with E-state index in [1.54, 1.807) is 0 Å². The van der Waals surface area contributed by atoms with E-state index < -0.39 is 5.54 Å². The molecule has 86 valence electrons. The van der Waals surface area contributed by atoms with Gasteiger partial charge in [0.2, 0.25) is 5.91 Å². The van der Waals surface area contributed by atoms with Crippen LogP contribution in [0.1, 0.15) is 25.3 Å². The lowest BCUT2D eigenvalue weighted by atomic mass is 9.84. The van der Waals surface area contributed by atoms with Crippen molar-refractivity contribution in [2.24, 2.45) is 11.7 Å². The predicted molar refractivity (Wildman–Crippen MR) is 63.7 cm³/mol. The molecule has 16 heavy (non-hydrogen) atoms. The van der Waals surface area contributed by atoms with Crippen molar-refractivity contribution in [3.05, 3.63) is 35.9 Å². The summed E-state index contributed by atoms with van der Waals surface area (Å²) in [6.45, 7) is 2.75.